The van der Waals surface area contributed by atoms with Crippen LogP contribution in [0.5, 0.6) is 0 Å². The molecule has 0 radical (unpaired) electrons. The van der Waals surface area contributed by atoms with E-state index in [9.17, 15) is 4.79 Å². The van der Waals surface area contributed by atoms with Crippen LogP contribution in [-0.2, 0) is 9.53 Å². The number of carbonyl (C=O) groups excluding carboxylic acids is 1. The molecule has 1 unspecified atom stereocenters. The van der Waals surface area contributed by atoms with Crippen molar-refractivity contribution in [2.75, 3.05) is 32.8 Å². The lowest BCUT2D eigenvalue weighted by atomic mass is 9.91. The summed E-state index contributed by atoms with van der Waals surface area (Å²) in [6.45, 7) is 11.3. The summed E-state index contributed by atoms with van der Waals surface area (Å²) in [6.07, 6.45) is 6.87. The van der Waals surface area contributed by atoms with Crippen molar-refractivity contribution < 1.29 is 9.53 Å². The van der Waals surface area contributed by atoms with E-state index < -0.39 is 0 Å². The third kappa shape index (κ3) is 4.19. The molecule has 122 valence electrons. The summed E-state index contributed by atoms with van der Waals surface area (Å²) < 4.78 is 5.26. The first-order valence-electron chi connectivity index (χ1n) is 8.72. The molecule has 2 saturated heterocycles. The Kier molecular flexibility index (Phi) is 6.06. The zero-order valence-corrected chi connectivity index (χ0v) is 14.1. The van der Waals surface area contributed by atoms with Gasteiger partial charge in [-0.2, -0.15) is 0 Å². The van der Waals surface area contributed by atoms with Gasteiger partial charge in [0.1, 0.15) is 0 Å². The van der Waals surface area contributed by atoms with Crippen molar-refractivity contribution in [2.24, 2.45) is 0 Å². The standard InChI is InChI=1S/C17H32N2O2/c1-4-21-16(20)13-17(9-12-18(14-17)15(2)3)19-10-7-5-6-8-11-19/h15H,4-14H2,1-3H3. The smallest absolute Gasteiger partial charge is 0.307 e. The summed E-state index contributed by atoms with van der Waals surface area (Å²) in [7, 11) is 0. The Morgan fingerprint density at radius 3 is 2.33 bits per heavy atom. The monoisotopic (exact) mass is 296 g/mol. The first-order valence-corrected chi connectivity index (χ1v) is 8.72. The molecule has 0 aromatic carbocycles. The Labute approximate surface area is 129 Å². The van der Waals surface area contributed by atoms with E-state index in [4.69, 9.17) is 4.74 Å². The summed E-state index contributed by atoms with van der Waals surface area (Å²) in [4.78, 5) is 17.3. The molecule has 2 rings (SSSR count). The van der Waals surface area contributed by atoms with E-state index in [0.29, 0.717) is 19.1 Å². The topological polar surface area (TPSA) is 32.8 Å². The molecular weight excluding hydrogens is 264 g/mol. The van der Waals surface area contributed by atoms with Crippen LogP contribution in [-0.4, -0.2) is 60.1 Å². The maximum atomic E-state index is 12.1. The van der Waals surface area contributed by atoms with Crippen LogP contribution in [0.15, 0.2) is 0 Å². The lowest BCUT2D eigenvalue weighted by molar-refractivity contribution is -0.146. The Bertz CT molecular complexity index is 338. The molecule has 4 heteroatoms. The van der Waals surface area contributed by atoms with E-state index >= 15 is 0 Å². The summed E-state index contributed by atoms with van der Waals surface area (Å²) >= 11 is 0. The number of ether oxygens (including phenoxy) is 1. The van der Waals surface area contributed by atoms with Crippen LogP contribution >= 0.6 is 0 Å². The fourth-order valence-electron chi connectivity index (χ4n) is 3.87. The molecule has 0 aliphatic carbocycles. The fraction of sp³-hybridized carbons (Fsp3) is 0.941. The van der Waals surface area contributed by atoms with E-state index in [1.807, 2.05) is 6.92 Å². The van der Waals surface area contributed by atoms with E-state index in [1.165, 1.54) is 25.7 Å². The molecule has 1 atom stereocenters. The zero-order valence-electron chi connectivity index (χ0n) is 14.1. The first-order chi connectivity index (χ1) is 10.1. The molecule has 0 saturated carbocycles. The van der Waals surface area contributed by atoms with Gasteiger partial charge in [0.15, 0.2) is 0 Å². The maximum Gasteiger partial charge on any atom is 0.307 e. The molecule has 0 spiro atoms. The van der Waals surface area contributed by atoms with Gasteiger partial charge < -0.3 is 4.74 Å². The molecule has 2 aliphatic heterocycles. The fourth-order valence-corrected chi connectivity index (χ4v) is 3.87. The van der Waals surface area contributed by atoms with Gasteiger partial charge in [0.2, 0.25) is 0 Å². The van der Waals surface area contributed by atoms with Crippen molar-refractivity contribution in [2.45, 2.75) is 70.9 Å². The highest BCUT2D eigenvalue weighted by molar-refractivity contribution is 5.71. The minimum atomic E-state index is -0.0210. The van der Waals surface area contributed by atoms with Gasteiger partial charge in [0.25, 0.3) is 0 Å². The Hall–Kier alpha value is -0.610. The number of nitrogens with zero attached hydrogens (tertiary/aromatic N) is 2. The summed E-state index contributed by atoms with van der Waals surface area (Å²) in [5, 5.41) is 0. The second-order valence-corrected chi connectivity index (χ2v) is 6.92. The minimum Gasteiger partial charge on any atom is -0.466 e. The van der Waals surface area contributed by atoms with Crippen LogP contribution in [0.4, 0.5) is 0 Å². The van der Waals surface area contributed by atoms with Crippen LogP contribution in [0.3, 0.4) is 0 Å². The van der Waals surface area contributed by atoms with Gasteiger partial charge in [-0.15, -0.1) is 0 Å². The molecule has 2 fully saturated rings. The van der Waals surface area contributed by atoms with E-state index in [1.54, 1.807) is 0 Å². The molecule has 0 N–H and O–H groups in total. The van der Waals surface area contributed by atoms with Crippen LogP contribution in [0.2, 0.25) is 0 Å². The van der Waals surface area contributed by atoms with Gasteiger partial charge >= 0.3 is 5.97 Å². The van der Waals surface area contributed by atoms with Crippen molar-refractivity contribution in [3.63, 3.8) is 0 Å². The van der Waals surface area contributed by atoms with E-state index in [-0.39, 0.29) is 11.5 Å². The highest BCUT2D eigenvalue weighted by Crippen LogP contribution is 2.34. The van der Waals surface area contributed by atoms with Gasteiger partial charge in [-0.25, -0.2) is 0 Å². The summed E-state index contributed by atoms with van der Waals surface area (Å²) in [6, 6.07) is 0.557. The molecule has 0 amide bonds. The Balaban J connectivity index is 2.11. The molecule has 0 aromatic heterocycles. The maximum absolute atomic E-state index is 12.1. The summed E-state index contributed by atoms with van der Waals surface area (Å²) in [5.74, 6) is -0.0210. The molecule has 4 nitrogen and oxygen atoms in total. The second-order valence-electron chi connectivity index (χ2n) is 6.92. The Morgan fingerprint density at radius 1 is 1.14 bits per heavy atom. The predicted molar refractivity (Wildman–Crippen MR) is 85.3 cm³/mol. The number of hydrogen-bond donors (Lipinski definition) is 0. The molecular formula is C17H32N2O2. The molecule has 0 bridgehead atoms. The lowest BCUT2D eigenvalue weighted by Crippen LogP contribution is -2.53. The largest absolute Gasteiger partial charge is 0.466 e. The molecule has 2 aliphatic rings. The van der Waals surface area contributed by atoms with Crippen LogP contribution < -0.4 is 0 Å². The minimum absolute atomic E-state index is 0.0147. The molecule has 21 heavy (non-hydrogen) atoms. The van der Waals surface area contributed by atoms with Crippen LogP contribution in [0.1, 0.15) is 59.3 Å². The first kappa shape index (κ1) is 16.8. The quantitative estimate of drug-likeness (QED) is 0.730. The van der Waals surface area contributed by atoms with Crippen molar-refractivity contribution in [3.05, 3.63) is 0 Å². The Morgan fingerprint density at radius 2 is 1.81 bits per heavy atom. The number of rotatable bonds is 5. The average molecular weight is 296 g/mol. The molecule has 0 aromatic rings. The second kappa shape index (κ2) is 7.59. The van der Waals surface area contributed by atoms with Gasteiger partial charge in [-0.1, -0.05) is 12.8 Å². The van der Waals surface area contributed by atoms with Gasteiger partial charge in [0.05, 0.1) is 13.0 Å². The third-order valence-corrected chi connectivity index (χ3v) is 5.15. The number of carbonyl (C=O) groups is 1. The number of hydrogen-bond acceptors (Lipinski definition) is 4. The molecule has 2 heterocycles. The summed E-state index contributed by atoms with van der Waals surface area (Å²) in [5.41, 5.74) is 0.0147. The van der Waals surface area contributed by atoms with E-state index in [0.717, 1.165) is 32.6 Å². The van der Waals surface area contributed by atoms with Crippen molar-refractivity contribution in [1.82, 2.24) is 9.80 Å². The highest BCUT2D eigenvalue weighted by Gasteiger charge is 2.45. The average Bonchev–Trinajstić information content (AvgIpc) is 2.69. The zero-order chi connectivity index (χ0) is 15.3. The predicted octanol–water partition coefficient (Wildman–Crippen LogP) is 2.67. The highest BCUT2D eigenvalue weighted by atomic mass is 16.5. The van der Waals surface area contributed by atoms with Crippen LogP contribution in [0.25, 0.3) is 0 Å². The van der Waals surface area contributed by atoms with Crippen molar-refractivity contribution in [3.8, 4) is 0 Å². The third-order valence-electron chi connectivity index (χ3n) is 5.15. The van der Waals surface area contributed by atoms with Gasteiger partial charge in [0, 0.05) is 24.7 Å². The van der Waals surface area contributed by atoms with Crippen molar-refractivity contribution in [1.29, 1.82) is 0 Å². The van der Waals surface area contributed by atoms with Gasteiger partial charge in [-0.05, 0) is 53.1 Å². The number of likely N-dealkylation sites (tertiary alicyclic amines) is 2. The van der Waals surface area contributed by atoms with Crippen molar-refractivity contribution >= 4 is 5.97 Å². The lowest BCUT2D eigenvalue weighted by Gasteiger charge is -2.40. The number of esters is 1. The SMILES string of the molecule is CCOC(=O)CC1(N2CCCCCC2)CCN(C(C)C)C1. The van der Waals surface area contributed by atoms with Gasteiger partial charge in [-0.3, -0.25) is 14.6 Å². The van der Waals surface area contributed by atoms with E-state index in [2.05, 4.69) is 23.6 Å². The normalized spacial score (nSPS) is 28.8. The van der Waals surface area contributed by atoms with Crippen LogP contribution in [0, 0.1) is 0 Å².